The van der Waals surface area contributed by atoms with Crippen LogP contribution in [0.5, 0.6) is 0 Å². The molecule has 0 bridgehead atoms. The standard InChI is InChI=1S/C28H35ClF3NO3S/c1-6-35-28(36-7-2)16(4)11-19-10-15(3)17(5)26(19)37-24-12-18(8-9-21(24)29)27(34)33-20-13-22(30)25(32)23(31)14-20/h8-9,12-17,19,26,28H,6-7,10-11H2,1-5H3,(H,33,34). The lowest BCUT2D eigenvalue weighted by molar-refractivity contribution is -0.166. The highest BCUT2D eigenvalue weighted by Crippen LogP contribution is 2.49. The van der Waals surface area contributed by atoms with Crippen LogP contribution >= 0.6 is 23.4 Å². The van der Waals surface area contributed by atoms with Gasteiger partial charge in [-0.2, -0.15) is 0 Å². The fourth-order valence-corrected chi connectivity index (χ4v) is 6.84. The SMILES string of the molecule is CCOC(OCC)C(C)CC1CC(C)C(C)C1Sc1cc(C(=O)Nc2cc(F)c(F)c(F)c2)ccc1Cl. The second-order valence-electron chi connectivity index (χ2n) is 9.76. The summed E-state index contributed by atoms with van der Waals surface area (Å²) in [4.78, 5) is 13.6. The quantitative estimate of drug-likeness (QED) is 0.223. The molecule has 5 atom stereocenters. The zero-order chi connectivity index (χ0) is 27.3. The monoisotopic (exact) mass is 557 g/mol. The van der Waals surface area contributed by atoms with Gasteiger partial charge in [0.2, 0.25) is 0 Å². The lowest BCUT2D eigenvalue weighted by Crippen LogP contribution is -2.29. The molecular formula is C28H35ClF3NO3S. The van der Waals surface area contributed by atoms with Crippen molar-refractivity contribution in [3.63, 3.8) is 0 Å². The van der Waals surface area contributed by atoms with Crippen molar-refractivity contribution in [3.8, 4) is 0 Å². The fourth-order valence-electron chi connectivity index (χ4n) is 5.02. The third-order valence-electron chi connectivity index (χ3n) is 7.05. The molecule has 0 heterocycles. The molecule has 1 amide bonds. The Labute approximate surface area is 226 Å². The Bertz CT molecular complexity index is 1060. The normalized spacial score (nSPS) is 22.4. The molecule has 0 saturated heterocycles. The molecule has 2 aromatic rings. The number of carbonyl (C=O) groups is 1. The van der Waals surface area contributed by atoms with Gasteiger partial charge in [0.25, 0.3) is 5.91 Å². The predicted octanol–water partition coefficient (Wildman–Crippen LogP) is 8.19. The predicted molar refractivity (Wildman–Crippen MR) is 143 cm³/mol. The largest absolute Gasteiger partial charge is 0.353 e. The van der Waals surface area contributed by atoms with Crippen LogP contribution in [0.3, 0.4) is 0 Å². The lowest BCUT2D eigenvalue weighted by atomic mass is 9.92. The van der Waals surface area contributed by atoms with Crippen molar-refractivity contribution < 1.29 is 27.4 Å². The summed E-state index contributed by atoms with van der Waals surface area (Å²) in [5.74, 6) is -3.31. The number of amides is 1. The molecule has 5 unspecified atom stereocenters. The van der Waals surface area contributed by atoms with Gasteiger partial charge in [-0.1, -0.05) is 32.4 Å². The molecule has 9 heteroatoms. The minimum atomic E-state index is -1.58. The first kappa shape index (κ1) is 29.8. The Morgan fingerprint density at radius 2 is 1.73 bits per heavy atom. The lowest BCUT2D eigenvalue weighted by Gasteiger charge is -2.29. The molecule has 1 aliphatic rings. The summed E-state index contributed by atoms with van der Waals surface area (Å²) in [5, 5.41) is 3.23. The summed E-state index contributed by atoms with van der Waals surface area (Å²) < 4.78 is 52.1. The van der Waals surface area contributed by atoms with Gasteiger partial charge in [-0.05, 0) is 62.6 Å². The topological polar surface area (TPSA) is 47.6 Å². The molecular weight excluding hydrogens is 523 g/mol. The van der Waals surface area contributed by atoms with Gasteiger partial charge in [0.15, 0.2) is 23.7 Å². The van der Waals surface area contributed by atoms with Crippen molar-refractivity contribution in [3.05, 3.63) is 58.4 Å². The van der Waals surface area contributed by atoms with Crippen molar-refractivity contribution in [2.45, 2.75) is 63.9 Å². The minimum absolute atomic E-state index is 0.170. The van der Waals surface area contributed by atoms with E-state index < -0.39 is 23.4 Å². The first-order valence-corrected chi connectivity index (χ1v) is 14.0. The first-order chi connectivity index (χ1) is 17.5. The number of thioether (sulfide) groups is 1. The third kappa shape index (κ3) is 7.43. The maximum atomic E-state index is 13.6. The number of hydrogen-bond acceptors (Lipinski definition) is 4. The van der Waals surface area contributed by atoms with E-state index in [4.69, 9.17) is 21.1 Å². The summed E-state index contributed by atoms with van der Waals surface area (Å²) >= 11 is 8.20. The average Bonchev–Trinajstić information content (AvgIpc) is 3.10. The molecule has 0 aliphatic heterocycles. The number of nitrogens with one attached hydrogen (secondary N) is 1. The van der Waals surface area contributed by atoms with Crippen molar-refractivity contribution >= 4 is 35.0 Å². The van der Waals surface area contributed by atoms with E-state index in [2.05, 4.69) is 26.1 Å². The van der Waals surface area contributed by atoms with Gasteiger partial charge >= 0.3 is 0 Å². The zero-order valence-electron chi connectivity index (χ0n) is 21.8. The fraction of sp³-hybridized carbons (Fsp3) is 0.536. The van der Waals surface area contributed by atoms with Crippen LogP contribution in [0.1, 0.15) is 57.8 Å². The van der Waals surface area contributed by atoms with Gasteiger partial charge in [0, 0.05) is 52.7 Å². The van der Waals surface area contributed by atoms with E-state index in [1.165, 1.54) is 0 Å². The van der Waals surface area contributed by atoms with Gasteiger partial charge < -0.3 is 14.8 Å². The summed E-state index contributed by atoms with van der Waals surface area (Å²) in [6.07, 6.45) is 1.77. The highest BCUT2D eigenvalue weighted by Gasteiger charge is 2.40. The maximum Gasteiger partial charge on any atom is 0.255 e. The highest BCUT2D eigenvalue weighted by atomic mass is 35.5. The Kier molecular flexibility index (Phi) is 10.8. The van der Waals surface area contributed by atoms with Crippen LogP contribution in [-0.4, -0.2) is 30.7 Å². The number of anilines is 1. The Balaban J connectivity index is 1.77. The second kappa shape index (κ2) is 13.4. The summed E-state index contributed by atoms with van der Waals surface area (Å²) in [6.45, 7) is 11.8. The molecule has 0 radical (unpaired) electrons. The van der Waals surface area contributed by atoms with Crippen molar-refractivity contribution in [2.75, 3.05) is 18.5 Å². The van der Waals surface area contributed by atoms with Crippen LogP contribution < -0.4 is 5.32 Å². The molecule has 1 aliphatic carbocycles. The van der Waals surface area contributed by atoms with Crippen LogP contribution in [0.15, 0.2) is 35.2 Å². The van der Waals surface area contributed by atoms with Crippen LogP contribution in [0.25, 0.3) is 0 Å². The van der Waals surface area contributed by atoms with E-state index in [1.807, 2.05) is 13.8 Å². The van der Waals surface area contributed by atoms with E-state index in [1.54, 1.807) is 30.0 Å². The molecule has 3 rings (SSSR count). The molecule has 37 heavy (non-hydrogen) atoms. The molecule has 1 N–H and O–H groups in total. The number of carbonyl (C=O) groups excluding carboxylic acids is 1. The maximum absolute atomic E-state index is 13.6. The van der Waals surface area contributed by atoms with Crippen molar-refractivity contribution in [2.24, 2.45) is 23.7 Å². The average molecular weight is 558 g/mol. The van der Waals surface area contributed by atoms with Crippen LogP contribution in [0.2, 0.25) is 5.02 Å². The molecule has 204 valence electrons. The molecule has 2 aromatic carbocycles. The Morgan fingerprint density at radius 3 is 2.32 bits per heavy atom. The third-order valence-corrected chi connectivity index (χ3v) is 9.17. The van der Waals surface area contributed by atoms with Gasteiger partial charge in [0.1, 0.15) is 0 Å². The van der Waals surface area contributed by atoms with Crippen molar-refractivity contribution in [1.29, 1.82) is 0 Å². The van der Waals surface area contributed by atoms with E-state index in [9.17, 15) is 18.0 Å². The van der Waals surface area contributed by atoms with E-state index >= 15 is 0 Å². The molecule has 4 nitrogen and oxygen atoms in total. The van der Waals surface area contributed by atoms with Crippen LogP contribution in [0, 0.1) is 41.1 Å². The highest BCUT2D eigenvalue weighted by molar-refractivity contribution is 8.00. The smallest absolute Gasteiger partial charge is 0.255 e. The van der Waals surface area contributed by atoms with E-state index in [0.717, 1.165) is 29.9 Å². The summed E-state index contributed by atoms with van der Waals surface area (Å²) in [6, 6.07) is 6.37. The minimum Gasteiger partial charge on any atom is -0.353 e. The molecule has 0 aromatic heterocycles. The zero-order valence-corrected chi connectivity index (χ0v) is 23.4. The molecule has 1 saturated carbocycles. The number of benzene rings is 2. The summed E-state index contributed by atoms with van der Waals surface area (Å²) in [5.41, 5.74) is 0.115. The van der Waals surface area contributed by atoms with Gasteiger partial charge in [-0.3, -0.25) is 4.79 Å². The number of halogens is 4. The Morgan fingerprint density at radius 1 is 1.11 bits per heavy atom. The second-order valence-corrected chi connectivity index (χ2v) is 11.4. The molecule has 1 fully saturated rings. The van der Waals surface area contributed by atoms with Gasteiger partial charge in [0.05, 0.1) is 5.02 Å². The van der Waals surface area contributed by atoms with Crippen LogP contribution in [0.4, 0.5) is 18.9 Å². The molecule has 0 spiro atoms. The first-order valence-electron chi connectivity index (χ1n) is 12.7. The van der Waals surface area contributed by atoms with Gasteiger partial charge in [-0.15, -0.1) is 11.8 Å². The number of ether oxygens (including phenoxy) is 2. The van der Waals surface area contributed by atoms with E-state index in [-0.39, 0.29) is 28.7 Å². The number of rotatable bonds is 11. The van der Waals surface area contributed by atoms with E-state index in [0.29, 0.717) is 36.0 Å². The Hall–Kier alpha value is -1.74. The number of hydrogen-bond donors (Lipinski definition) is 1. The van der Waals surface area contributed by atoms with Gasteiger partial charge in [-0.25, -0.2) is 13.2 Å². The van der Waals surface area contributed by atoms with Crippen molar-refractivity contribution in [1.82, 2.24) is 0 Å². The summed E-state index contributed by atoms with van der Waals surface area (Å²) in [7, 11) is 0. The van der Waals surface area contributed by atoms with Crippen LogP contribution in [-0.2, 0) is 9.47 Å².